The first kappa shape index (κ1) is 39.9. The van der Waals surface area contributed by atoms with E-state index in [-0.39, 0.29) is 86.7 Å². The summed E-state index contributed by atoms with van der Waals surface area (Å²) >= 11 is 2.83. The van der Waals surface area contributed by atoms with Gasteiger partial charge in [0.25, 0.3) is 0 Å². The lowest BCUT2D eigenvalue weighted by Crippen LogP contribution is -2.44. The van der Waals surface area contributed by atoms with Gasteiger partial charge in [-0.2, -0.15) is 0 Å². The molecule has 7 amide bonds. The maximum Gasteiger partial charge on any atom is 0.242 e. The molecule has 250 valence electrons. The van der Waals surface area contributed by atoms with E-state index in [1.807, 2.05) is 13.8 Å². The number of amides is 7. The van der Waals surface area contributed by atoms with Gasteiger partial charge in [-0.25, -0.2) is 0 Å². The first-order valence-corrected chi connectivity index (χ1v) is 17.3. The number of hydrogen-bond acceptors (Lipinski definition) is 10. The number of carbonyl (C=O) groups excluding carboxylic acids is 8. The van der Waals surface area contributed by atoms with Crippen molar-refractivity contribution in [2.24, 2.45) is 0 Å². The molecule has 17 heteroatoms. The van der Waals surface area contributed by atoms with Crippen LogP contribution in [0.1, 0.15) is 71.6 Å². The van der Waals surface area contributed by atoms with E-state index in [0.29, 0.717) is 30.9 Å². The quantitative estimate of drug-likeness (QED) is 0.0381. The van der Waals surface area contributed by atoms with Gasteiger partial charge in [0.1, 0.15) is 0 Å². The van der Waals surface area contributed by atoms with Gasteiger partial charge >= 0.3 is 0 Å². The van der Waals surface area contributed by atoms with Crippen molar-refractivity contribution in [3.63, 3.8) is 0 Å². The second-order valence-corrected chi connectivity index (χ2v) is 13.1. The Hall–Kier alpha value is -3.08. The van der Waals surface area contributed by atoms with Crippen LogP contribution in [0, 0.1) is 0 Å². The van der Waals surface area contributed by atoms with Gasteiger partial charge in [0.2, 0.25) is 41.4 Å². The average Bonchev–Trinajstić information content (AvgIpc) is 3.24. The number of unbranched alkanes of at least 4 members (excludes halogenated alkanes) is 2. The molecule has 0 aliphatic carbocycles. The number of rotatable bonds is 24. The van der Waals surface area contributed by atoms with Crippen LogP contribution in [0.15, 0.2) is 0 Å². The molecular formula is C28H45BN6O8S2. The van der Waals surface area contributed by atoms with E-state index >= 15 is 0 Å². The van der Waals surface area contributed by atoms with Gasteiger partial charge in [-0.05, 0) is 57.5 Å². The molecule has 45 heavy (non-hydrogen) atoms. The highest BCUT2D eigenvalue weighted by Gasteiger charge is 2.38. The molecule has 1 atom stereocenters. The number of hydrogen-bond donors (Lipinski definition) is 5. The summed E-state index contributed by atoms with van der Waals surface area (Å²) in [5.74, 6) is -0.853. The second-order valence-electron chi connectivity index (χ2n) is 10.6. The maximum absolute atomic E-state index is 12.6. The molecule has 1 aliphatic heterocycles. The summed E-state index contributed by atoms with van der Waals surface area (Å²) in [5.41, 5.74) is -0.312. The molecule has 0 aromatic carbocycles. The zero-order chi connectivity index (χ0) is 33.6. The van der Waals surface area contributed by atoms with Crippen molar-refractivity contribution in [3.8, 4) is 0 Å². The molecule has 0 saturated carbocycles. The fourth-order valence-corrected chi connectivity index (χ4v) is 5.91. The number of thioether (sulfide) groups is 2. The SMILES string of the molecule is [B]C(=O)CCCCCSCNC(=O)CNC(=O)CNC(=O)CNC(=O)CCCSC1CC(=O)N(CCCC(=O)NC(C)C)C1=O. The Labute approximate surface area is 274 Å². The van der Waals surface area contributed by atoms with Gasteiger partial charge in [0, 0.05) is 31.8 Å². The van der Waals surface area contributed by atoms with Crippen LogP contribution in [0.2, 0.25) is 0 Å². The Morgan fingerprint density at radius 3 is 1.98 bits per heavy atom. The van der Waals surface area contributed by atoms with Crippen molar-refractivity contribution >= 4 is 78.4 Å². The van der Waals surface area contributed by atoms with E-state index in [9.17, 15) is 38.4 Å². The van der Waals surface area contributed by atoms with E-state index in [1.165, 1.54) is 28.4 Å². The molecule has 1 saturated heterocycles. The topological polar surface area (TPSA) is 200 Å². The monoisotopic (exact) mass is 668 g/mol. The molecule has 0 aromatic rings. The van der Waals surface area contributed by atoms with Gasteiger partial charge in [-0.1, -0.05) is 6.42 Å². The molecule has 0 bridgehead atoms. The number of nitrogens with one attached hydrogen (secondary N) is 5. The van der Waals surface area contributed by atoms with Gasteiger partial charge in [-0.3, -0.25) is 38.5 Å². The maximum atomic E-state index is 12.6. The molecule has 1 rings (SSSR count). The van der Waals surface area contributed by atoms with Crippen molar-refractivity contribution in [1.82, 2.24) is 31.5 Å². The summed E-state index contributed by atoms with van der Waals surface area (Å²) in [5, 5.41) is 12.1. The summed E-state index contributed by atoms with van der Waals surface area (Å²) in [7, 11) is 5.08. The third-order valence-electron chi connectivity index (χ3n) is 6.23. The lowest BCUT2D eigenvalue weighted by atomic mass is 9.97. The molecule has 0 aromatic heterocycles. The molecular weight excluding hydrogens is 623 g/mol. The summed E-state index contributed by atoms with van der Waals surface area (Å²) in [4.78, 5) is 96.1. The first-order chi connectivity index (χ1) is 21.4. The molecule has 1 aliphatic rings. The lowest BCUT2D eigenvalue weighted by Gasteiger charge is -2.15. The Balaban J connectivity index is 2.08. The standard InChI is InChI=1S/C28H45BN6O8S2/c1-19(2)34-23(38)9-6-11-35-27(42)14-20(28(35)43)45-13-7-10-22(37)30-15-24(39)31-16-25(40)32-17-26(41)33-18-44-12-5-3-4-8-21(29)36/h19-20H,3-18H2,1-2H3,(H,30,37)(H,31,39)(H,32,40)(H,33,41)(H,34,38). The van der Waals surface area contributed by atoms with E-state index in [2.05, 4.69) is 26.6 Å². The van der Waals surface area contributed by atoms with Crippen LogP contribution in [0.3, 0.4) is 0 Å². The van der Waals surface area contributed by atoms with Gasteiger partial charge in [-0.15, -0.1) is 23.5 Å². The highest BCUT2D eigenvalue weighted by Crippen LogP contribution is 2.26. The normalized spacial score (nSPS) is 14.3. The predicted molar refractivity (Wildman–Crippen MR) is 173 cm³/mol. The second kappa shape index (κ2) is 23.3. The number of imide groups is 1. The van der Waals surface area contributed by atoms with E-state index in [1.54, 1.807) is 0 Å². The third-order valence-corrected chi connectivity index (χ3v) is 8.45. The first-order valence-electron chi connectivity index (χ1n) is 15.1. The van der Waals surface area contributed by atoms with Crippen molar-refractivity contribution in [2.45, 2.75) is 82.9 Å². The minimum atomic E-state index is -0.568. The smallest absolute Gasteiger partial charge is 0.242 e. The van der Waals surface area contributed by atoms with E-state index in [0.717, 1.165) is 25.0 Å². The summed E-state index contributed by atoms with van der Waals surface area (Å²) < 4.78 is 0. The summed E-state index contributed by atoms with van der Waals surface area (Å²) in [6, 6.07) is 0.0263. The summed E-state index contributed by atoms with van der Waals surface area (Å²) in [6.07, 6.45) is 4.17. The Kier molecular flexibility index (Phi) is 20.7. The third kappa shape index (κ3) is 19.8. The molecule has 1 heterocycles. The highest BCUT2D eigenvalue weighted by molar-refractivity contribution is 8.00. The highest BCUT2D eigenvalue weighted by atomic mass is 32.2. The van der Waals surface area contributed by atoms with Crippen LogP contribution < -0.4 is 26.6 Å². The number of carbonyl (C=O) groups is 8. The Morgan fingerprint density at radius 2 is 1.36 bits per heavy atom. The van der Waals surface area contributed by atoms with Crippen molar-refractivity contribution < 1.29 is 38.4 Å². The molecule has 2 radical (unpaired) electrons. The Morgan fingerprint density at radius 1 is 0.756 bits per heavy atom. The van der Waals surface area contributed by atoms with Gasteiger partial charge in [0.05, 0.1) is 36.4 Å². The summed E-state index contributed by atoms with van der Waals surface area (Å²) in [6.45, 7) is 3.00. The largest absolute Gasteiger partial charge is 0.354 e. The van der Waals surface area contributed by atoms with Crippen LogP contribution in [0.5, 0.6) is 0 Å². The fraction of sp³-hybridized carbons (Fsp3) is 0.714. The van der Waals surface area contributed by atoms with Crippen LogP contribution in [0.25, 0.3) is 0 Å². The van der Waals surface area contributed by atoms with Crippen molar-refractivity contribution in [1.29, 1.82) is 0 Å². The van der Waals surface area contributed by atoms with Gasteiger partial charge in [0.15, 0.2) is 7.85 Å². The number of nitrogens with zero attached hydrogens (tertiary/aromatic N) is 1. The molecule has 14 nitrogen and oxygen atoms in total. The van der Waals surface area contributed by atoms with Crippen LogP contribution in [-0.4, -0.2) is 115 Å². The Bertz CT molecular complexity index is 1050. The van der Waals surface area contributed by atoms with Crippen LogP contribution in [0.4, 0.5) is 0 Å². The minimum absolute atomic E-state index is 0.0263. The van der Waals surface area contributed by atoms with Crippen LogP contribution >= 0.6 is 23.5 Å². The molecule has 1 unspecified atom stereocenters. The minimum Gasteiger partial charge on any atom is -0.354 e. The molecule has 0 spiro atoms. The number of likely N-dealkylation sites (tertiary alicyclic amines) is 1. The van der Waals surface area contributed by atoms with E-state index in [4.69, 9.17) is 7.85 Å². The fourth-order valence-electron chi connectivity index (χ4n) is 3.96. The zero-order valence-electron chi connectivity index (χ0n) is 26.1. The molecule has 5 N–H and O–H groups in total. The van der Waals surface area contributed by atoms with Gasteiger partial charge < -0.3 is 31.4 Å². The van der Waals surface area contributed by atoms with Crippen LogP contribution in [-0.2, 0) is 38.4 Å². The lowest BCUT2D eigenvalue weighted by molar-refractivity contribution is -0.139. The molecule has 1 fully saturated rings. The zero-order valence-corrected chi connectivity index (χ0v) is 27.7. The average molecular weight is 669 g/mol. The van der Waals surface area contributed by atoms with E-state index < -0.39 is 17.1 Å². The van der Waals surface area contributed by atoms with Crippen molar-refractivity contribution in [3.05, 3.63) is 0 Å². The van der Waals surface area contributed by atoms with Crippen molar-refractivity contribution in [2.75, 3.05) is 43.6 Å². The predicted octanol–water partition coefficient (Wildman–Crippen LogP) is -0.657.